The van der Waals surface area contributed by atoms with Crippen molar-refractivity contribution in [2.24, 2.45) is 0 Å². The second-order valence-electron chi connectivity index (χ2n) is 4.07. The molecule has 98 valence electrons. The summed E-state index contributed by atoms with van der Waals surface area (Å²) in [7, 11) is 0. The number of ether oxygens (including phenoxy) is 1. The fraction of sp³-hybridized carbons (Fsp3) is 0.143. The van der Waals surface area contributed by atoms with Crippen LogP contribution in [-0.2, 0) is 0 Å². The number of rotatable bonds is 4. The minimum atomic E-state index is -0.644. The van der Waals surface area contributed by atoms with Crippen molar-refractivity contribution in [1.29, 1.82) is 0 Å². The zero-order chi connectivity index (χ0) is 13.8. The Morgan fingerprint density at radius 2 is 1.79 bits per heavy atom. The number of hydrogen-bond acceptors (Lipinski definition) is 4. The Hall–Kier alpha value is -2.40. The molecule has 5 nitrogen and oxygen atoms in total. The van der Waals surface area contributed by atoms with Crippen LogP contribution in [0.2, 0.25) is 0 Å². The Morgan fingerprint density at radius 3 is 2.37 bits per heavy atom. The van der Waals surface area contributed by atoms with Crippen molar-refractivity contribution < 1.29 is 14.8 Å². The molecule has 0 spiro atoms. The summed E-state index contributed by atoms with van der Waals surface area (Å²) < 4.78 is 5.62. The first kappa shape index (κ1) is 13.0. The van der Waals surface area contributed by atoms with Crippen LogP contribution in [-0.4, -0.2) is 10.0 Å². The van der Waals surface area contributed by atoms with Gasteiger partial charge in [0.15, 0.2) is 0 Å². The monoisotopic (exact) mass is 259 g/mol. The first-order valence-corrected chi connectivity index (χ1v) is 5.77. The van der Waals surface area contributed by atoms with Crippen LogP contribution in [0.3, 0.4) is 0 Å². The first-order valence-electron chi connectivity index (χ1n) is 5.77. The van der Waals surface area contributed by atoms with Crippen LogP contribution in [0.4, 0.5) is 5.69 Å². The van der Waals surface area contributed by atoms with E-state index in [1.807, 2.05) is 6.07 Å². The van der Waals surface area contributed by atoms with E-state index in [1.165, 1.54) is 24.3 Å². The molecular formula is C14H13NO4. The van der Waals surface area contributed by atoms with E-state index in [-0.39, 0.29) is 5.69 Å². The van der Waals surface area contributed by atoms with E-state index in [0.717, 1.165) is 0 Å². The third-order valence-corrected chi connectivity index (χ3v) is 2.64. The molecule has 2 rings (SSSR count). The highest BCUT2D eigenvalue weighted by atomic mass is 16.6. The maximum absolute atomic E-state index is 10.5. The summed E-state index contributed by atoms with van der Waals surface area (Å²) in [5.74, 6) is 1.02. The van der Waals surface area contributed by atoms with E-state index < -0.39 is 11.0 Å². The summed E-state index contributed by atoms with van der Waals surface area (Å²) in [6.07, 6.45) is -0.644. The van der Waals surface area contributed by atoms with Crippen molar-refractivity contribution in [1.82, 2.24) is 0 Å². The lowest BCUT2D eigenvalue weighted by Gasteiger charge is -2.12. The van der Waals surface area contributed by atoms with Gasteiger partial charge in [0.1, 0.15) is 11.5 Å². The Kier molecular flexibility index (Phi) is 3.77. The van der Waals surface area contributed by atoms with Gasteiger partial charge in [-0.3, -0.25) is 10.1 Å². The molecular weight excluding hydrogens is 246 g/mol. The Balaban J connectivity index is 2.24. The van der Waals surface area contributed by atoms with Crippen molar-refractivity contribution in [2.45, 2.75) is 13.0 Å². The lowest BCUT2D eigenvalue weighted by atomic mass is 10.1. The lowest BCUT2D eigenvalue weighted by molar-refractivity contribution is -0.384. The van der Waals surface area contributed by atoms with Crippen LogP contribution in [0.15, 0.2) is 48.5 Å². The zero-order valence-corrected chi connectivity index (χ0v) is 10.3. The molecule has 0 aromatic heterocycles. The molecule has 0 aliphatic rings. The number of aliphatic hydroxyl groups is 1. The van der Waals surface area contributed by atoms with Gasteiger partial charge in [0.25, 0.3) is 5.69 Å². The average molecular weight is 259 g/mol. The molecule has 0 unspecified atom stereocenters. The summed E-state index contributed by atoms with van der Waals surface area (Å²) in [4.78, 5) is 10.1. The SMILES string of the molecule is C[C@@H](O)c1ccccc1Oc1ccc([N+](=O)[O-])cc1. The van der Waals surface area contributed by atoms with Gasteiger partial charge in [0, 0.05) is 17.7 Å². The molecule has 0 saturated heterocycles. The van der Waals surface area contributed by atoms with Crippen molar-refractivity contribution in [3.8, 4) is 11.5 Å². The third kappa shape index (κ3) is 3.08. The number of nitro benzene ring substituents is 1. The highest BCUT2D eigenvalue weighted by Crippen LogP contribution is 2.30. The van der Waals surface area contributed by atoms with Gasteiger partial charge >= 0.3 is 0 Å². The Labute approximate surface area is 110 Å². The third-order valence-electron chi connectivity index (χ3n) is 2.64. The van der Waals surface area contributed by atoms with Gasteiger partial charge in [-0.15, -0.1) is 0 Å². The van der Waals surface area contributed by atoms with E-state index in [4.69, 9.17) is 4.74 Å². The molecule has 5 heteroatoms. The minimum absolute atomic E-state index is 0.0103. The van der Waals surface area contributed by atoms with E-state index >= 15 is 0 Å². The molecule has 0 aliphatic heterocycles. The summed E-state index contributed by atoms with van der Waals surface area (Å²) in [5.41, 5.74) is 0.678. The van der Waals surface area contributed by atoms with Crippen LogP contribution in [0, 0.1) is 10.1 Å². The highest BCUT2D eigenvalue weighted by molar-refractivity contribution is 5.41. The molecule has 0 saturated carbocycles. The van der Waals surface area contributed by atoms with Gasteiger partial charge in [0.2, 0.25) is 0 Å². The van der Waals surface area contributed by atoms with Crippen molar-refractivity contribution in [3.05, 3.63) is 64.2 Å². The van der Waals surface area contributed by atoms with Gasteiger partial charge in [0.05, 0.1) is 11.0 Å². The zero-order valence-electron chi connectivity index (χ0n) is 10.3. The molecule has 0 aliphatic carbocycles. The van der Waals surface area contributed by atoms with Gasteiger partial charge in [-0.25, -0.2) is 0 Å². The molecule has 1 N–H and O–H groups in total. The topological polar surface area (TPSA) is 72.6 Å². The summed E-state index contributed by atoms with van der Waals surface area (Å²) >= 11 is 0. The van der Waals surface area contributed by atoms with Gasteiger partial charge in [-0.2, -0.15) is 0 Å². The summed E-state index contributed by atoms with van der Waals surface area (Å²) in [6, 6.07) is 12.9. The molecule has 19 heavy (non-hydrogen) atoms. The Bertz CT molecular complexity index is 578. The fourth-order valence-electron chi connectivity index (χ4n) is 1.68. The predicted octanol–water partition coefficient (Wildman–Crippen LogP) is 3.44. The minimum Gasteiger partial charge on any atom is -0.457 e. The second-order valence-corrected chi connectivity index (χ2v) is 4.07. The first-order chi connectivity index (χ1) is 9.08. The molecule has 2 aromatic rings. The molecule has 0 radical (unpaired) electrons. The number of nitrogens with zero attached hydrogens (tertiary/aromatic N) is 1. The molecule has 0 bridgehead atoms. The average Bonchev–Trinajstić information content (AvgIpc) is 2.39. The van der Waals surface area contributed by atoms with E-state index in [2.05, 4.69) is 0 Å². The Morgan fingerprint density at radius 1 is 1.16 bits per heavy atom. The smallest absolute Gasteiger partial charge is 0.269 e. The normalized spacial score (nSPS) is 11.9. The number of nitro groups is 1. The van der Waals surface area contributed by atoms with Crippen LogP contribution in [0.1, 0.15) is 18.6 Å². The molecule has 1 atom stereocenters. The predicted molar refractivity (Wildman–Crippen MR) is 70.2 cm³/mol. The van der Waals surface area contributed by atoms with Crippen molar-refractivity contribution in [2.75, 3.05) is 0 Å². The summed E-state index contributed by atoms with van der Waals surface area (Å²) in [6.45, 7) is 1.65. The fourth-order valence-corrected chi connectivity index (χ4v) is 1.68. The van der Waals surface area contributed by atoms with Gasteiger partial charge in [-0.05, 0) is 25.1 Å². The van der Waals surface area contributed by atoms with Crippen LogP contribution in [0.5, 0.6) is 11.5 Å². The number of aliphatic hydroxyl groups excluding tert-OH is 1. The molecule has 0 heterocycles. The van der Waals surface area contributed by atoms with Crippen molar-refractivity contribution >= 4 is 5.69 Å². The van der Waals surface area contributed by atoms with E-state index in [9.17, 15) is 15.2 Å². The largest absolute Gasteiger partial charge is 0.457 e. The number of para-hydroxylation sites is 1. The molecule has 0 fully saturated rings. The number of non-ortho nitro benzene ring substituents is 1. The molecule has 0 amide bonds. The van der Waals surface area contributed by atoms with Crippen LogP contribution >= 0.6 is 0 Å². The van der Waals surface area contributed by atoms with Gasteiger partial charge in [-0.1, -0.05) is 18.2 Å². The standard InChI is InChI=1S/C14H13NO4/c1-10(16)13-4-2-3-5-14(13)19-12-8-6-11(7-9-12)15(17)18/h2-10,16H,1H3/t10-/m1/s1. The summed E-state index contributed by atoms with van der Waals surface area (Å²) in [5, 5.41) is 20.2. The number of hydrogen-bond donors (Lipinski definition) is 1. The molecule has 2 aromatic carbocycles. The lowest BCUT2D eigenvalue weighted by Crippen LogP contribution is -1.95. The van der Waals surface area contributed by atoms with Crippen LogP contribution in [0.25, 0.3) is 0 Å². The van der Waals surface area contributed by atoms with Gasteiger partial charge < -0.3 is 9.84 Å². The van der Waals surface area contributed by atoms with Crippen molar-refractivity contribution in [3.63, 3.8) is 0 Å². The van der Waals surface area contributed by atoms with E-state index in [1.54, 1.807) is 25.1 Å². The second kappa shape index (κ2) is 5.49. The number of benzene rings is 2. The quantitative estimate of drug-likeness (QED) is 0.674. The maximum atomic E-state index is 10.5. The maximum Gasteiger partial charge on any atom is 0.269 e. The van der Waals surface area contributed by atoms with Crippen LogP contribution < -0.4 is 4.74 Å². The van der Waals surface area contributed by atoms with E-state index in [0.29, 0.717) is 17.1 Å². The highest BCUT2D eigenvalue weighted by Gasteiger charge is 2.10.